The Labute approximate surface area is 129 Å². The molecule has 1 saturated carbocycles. The number of benzene rings is 1. The van der Waals surface area contributed by atoms with Gasteiger partial charge in [-0.05, 0) is 30.5 Å². The number of hydrogen-bond donors (Lipinski definition) is 1. The van der Waals surface area contributed by atoms with Gasteiger partial charge in [-0.2, -0.15) is 8.78 Å². The van der Waals surface area contributed by atoms with Gasteiger partial charge in [-0.15, -0.1) is 10.2 Å². The van der Waals surface area contributed by atoms with Gasteiger partial charge >= 0.3 is 6.61 Å². The number of halogens is 2. The number of alkyl halides is 2. The summed E-state index contributed by atoms with van der Waals surface area (Å²) in [6, 6.07) is 5.97. The molecule has 0 radical (unpaired) electrons. The van der Waals surface area contributed by atoms with Crippen molar-refractivity contribution in [3.63, 3.8) is 0 Å². The fraction of sp³-hybridized carbons (Fsp3) is 0.357. The molecule has 1 aromatic heterocycles. The number of anilines is 1. The van der Waals surface area contributed by atoms with Crippen LogP contribution in [-0.4, -0.2) is 22.7 Å². The Balaban J connectivity index is 1.54. The quantitative estimate of drug-likeness (QED) is 0.886. The molecule has 0 bridgehead atoms. The van der Waals surface area contributed by atoms with Crippen LogP contribution in [0.2, 0.25) is 0 Å². The Morgan fingerprint density at radius 3 is 2.68 bits per heavy atom. The summed E-state index contributed by atoms with van der Waals surface area (Å²) in [5.74, 6) is 0.351. The van der Waals surface area contributed by atoms with Crippen LogP contribution in [0.4, 0.5) is 13.9 Å². The second-order valence-corrected chi connectivity index (χ2v) is 5.98. The lowest BCUT2D eigenvalue weighted by Crippen LogP contribution is -2.14. The van der Waals surface area contributed by atoms with E-state index in [2.05, 4.69) is 20.3 Å². The normalized spacial score (nSPS) is 14.1. The fourth-order valence-corrected chi connectivity index (χ4v) is 2.85. The Morgan fingerprint density at radius 2 is 2.05 bits per heavy atom. The van der Waals surface area contributed by atoms with Crippen LogP contribution in [0, 0.1) is 0 Å². The van der Waals surface area contributed by atoms with Crippen LogP contribution in [0.5, 0.6) is 5.75 Å². The SMILES string of the molecule is O=C(Cc1ccc(OC(F)F)cc1)Nc1nnc(C2CC2)s1. The summed E-state index contributed by atoms with van der Waals surface area (Å²) in [7, 11) is 0. The number of amides is 1. The van der Waals surface area contributed by atoms with E-state index >= 15 is 0 Å². The maximum atomic E-state index is 12.0. The van der Waals surface area contributed by atoms with Crippen LogP contribution in [0.25, 0.3) is 0 Å². The molecule has 1 aliphatic carbocycles. The van der Waals surface area contributed by atoms with Gasteiger partial charge in [-0.25, -0.2) is 0 Å². The van der Waals surface area contributed by atoms with Crippen molar-refractivity contribution in [2.24, 2.45) is 0 Å². The number of nitrogens with zero attached hydrogens (tertiary/aromatic N) is 2. The maximum absolute atomic E-state index is 12.0. The van der Waals surface area contributed by atoms with Crippen molar-refractivity contribution in [2.75, 3.05) is 5.32 Å². The first-order valence-electron chi connectivity index (χ1n) is 6.77. The molecule has 5 nitrogen and oxygen atoms in total. The molecule has 1 amide bonds. The van der Waals surface area contributed by atoms with Crippen LogP contribution in [0.15, 0.2) is 24.3 Å². The van der Waals surface area contributed by atoms with E-state index in [1.165, 1.54) is 23.5 Å². The molecule has 1 heterocycles. The minimum Gasteiger partial charge on any atom is -0.435 e. The Kier molecular flexibility index (Phi) is 4.28. The average molecular weight is 325 g/mol. The van der Waals surface area contributed by atoms with Gasteiger partial charge in [-0.3, -0.25) is 4.79 Å². The molecule has 0 unspecified atom stereocenters. The van der Waals surface area contributed by atoms with Crippen LogP contribution < -0.4 is 10.1 Å². The molecule has 1 aliphatic rings. The number of rotatable bonds is 6. The minimum absolute atomic E-state index is 0.0670. The second kappa shape index (κ2) is 6.35. The third-order valence-corrected chi connectivity index (χ3v) is 4.13. The highest BCUT2D eigenvalue weighted by molar-refractivity contribution is 7.15. The van der Waals surface area contributed by atoms with Crippen molar-refractivity contribution < 1.29 is 18.3 Å². The lowest BCUT2D eigenvalue weighted by molar-refractivity contribution is -0.115. The van der Waals surface area contributed by atoms with E-state index in [9.17, 15) is 13.6 Å². The molecule has 0 atom stereocenters. The van der Waals surface area contributed by atoms with Gasteiger partial charge in [0.25, 0.3) is 0 Å². The second-order valence-electron chi connectivity index (χ2n) is 4.97. The van der Waals surface area contributed by atoms with Crippen LogP contribution in [-0.2, 0) is 11.2 Å². The van der Waals surface area contributed by atoms with Gasteiger partial charge in [0, 0.05) is 5.92 Å². The lowest BCUT2D eigenvalue weighted by atomic mass is 10.1. The maximum Gasteiger partial charge on any atom is 0.387 e. The first-order chi connectivity index (χ1) is 10.6. The van der Waals surface area contributed by atoms with Crippen molar-refractivity contribution in [2.45, 2.75) is 31.8 Å². The highest BCUT2D eigenvalue weighted by atomic mass is 32.1. The van der Waals surface area contributed by atoms with Crippen LogP contribution in [0.1, 0.15) is 29.3 Å². The largest absolute Gasteiger partial charge is 0.435 e. The Hall–Kier alpha value is -2.09. The third kappa shape index (κ3) is 3.97. The summed E-state index contributed by atoms with van der Waals surface area (Å²) >= 11 is 1.39. The van der Waals surface area contributed by atoms with Gasteiger partial charge in [0.2, 0.25) is 11.0 Å². The van der Waals surface area contributed by atoms with Gasteiger partial charge in [0.05, 0.1) is 6.42 Å². The molecule has 0 saturated heterocycles. The molecule has 1 aromatic carbocycles. The van der Waals surface area contributed by atoms with Gasteiger partial charge in [-0.1, -0.05) is 23.5 Å². The van der Waals surface area contributed by atoms with Crippen molar-refractivity contribution in [1.29, 1.82) is 0 Å². The van der Waals surface area contributed by atoms with E-state index in [0.29, 0.717) is 16.6 Å². The van der Waals surface area contributed by atoms with Crippen molar-refractivity contribution in [3.05, 3.63) is 34.8 Å². The number of hydrogen-bond acceptors (Lipinski definition) is 5. The lowest BCUT2D eigenvalue weighted by Gasteiger charge is -2.05. The fourth-order valence-electron chi connectivity index (χ4n) is 1.92. The highest BCUT2D eigenvalue weighted by Crippen LogP contribution is 2.42. The summed E-state index contributed by atoms with van der Waals surface area (Å²) in [6.07, 6.45) is 2.40. The number of carbonyl (C=O) groups is 1. The molecule has 22 heavy (non-hydrogen) atoms. The smallest absolute Gasteiger partial charge is 0.387 e. The zero-order valence-electron chi connectivity index (χ0n) is 11.5. The third-order valence-electron chi connectivity index (χ3n) is 3.13. The summed E-state index contributed by atoms with van der Waals surface area (Å²) in [4.78, 5) is 11.9. The molecule has 116 valence electrons. The van der Waals surface area contributed by atoms with E-state index in [1.54, 1.807) is 12.1 Å². The number of carbonyl (C=O) groups excluding carboxylic acids is 1. The zero-order valence-corrected chi connectivity index (χ0v) is 12.3. The molecule has 2 aromatic rings. The van der Waals surface area contributed by atoms with Crippen LogP contribution >= 0.6 is 11.3 Å². The minimum atomic E-state index is -2.85. The number of ether oxygens (including phenoxy) is 1. The first-order valence-corrected chi connectivity index (χ1v) is 7.59. The van der Waals surface area contributed by atoms with Crippen LogP contribution in [0.3, 0.4) is 0 Å². The first kappa shape index (κ1) is 14.8. The van der Waals surface area contributed by atoms with Crippen molar-refractivity contribution in [3.8, 4) is 5.75 Å². The summed E-state index contributed by atoms with van der Waals surface area (Å²) in [5.41, 5.74) is 0.700. The molecule has 0 spiro atoms. The monoisotopic (exact) mass is 325 g/mol. The molecule has 1 fully saturated rings. The van der Waals surface area contributed by atoms with E-state index in [0.717, 1.165) is 17.8 Å². The number of aromatic nitrogens is 2. The Morgan fingerprint density at radius 1 is 1.32 bits per heavy atom. The summed E-state index contributed by atoms with van der Waals surface area (Å²) < 4.78 is 28.3. The Bertz CT molecular complexity index is 656. The van der Waals surface area contributed by atoms with Gasteiger partial charge < -0.3 is 10.1 Å². The highest BCUT2D eigenvalue weighted by Gasteiger charge is 2.27. The molecule has 8 heteroatoms. The predicted octanol–water partition coefficient (Wildman–Crippen LogP) is 3.20. The van der Waals surface area contributed by atoms with E-state index in [-0.39, 0.29) is 18.1 Å². The standard InChI is InChI=1S/C14H13F2N3O2S/c15-13(16)21-10-5-1-8(2-6-10)7-11(20)17-14-19-18-12(22-14)9-3-4-9/h1-2,5-6,9,13H,3-4,7H2,(H,17,19,20). The van der Waals surface area contributed by atoms with Gasteiger partial charge in [0.1, 0.15) is 10.8 Å². The molecule has 3 rings (SSSR count). The summed E-state index contributed by atoms with van der Waals surface area (Å²) in [5, 5.41) is 12.1. The van der Waals surface area contributed by atoms with Crippen molar-refractivity contribution in [1.82, 2.24) is 10.2 Å². The molecular weight excluding hydrogens is 312 g/mol. The number of nitrogens with one attached hydrogen (secondary N) is 1. The van der Waals surface area contributed by atoms with Gasteiger partial charge in [0.15, 0.2) is 0 Å². The molecule has 0 aliphatic heterocycles. The summed E-state index contributed by atoms with van der Waals surface area (Å²) in [6.45, 7) is -2.85. The molecular formula is C14H13F2N3O2S. The van der Waals surface area contributed by atoms with E-state index in [4.69, 9.17) is 0 Å². The van der Waals surface area contributed by atoms with Crippen molar-refractivity contribution >= 4 is 22.4 Å². The topological polar surface area (TPSA) is 64.1 Å². The molecule has 1 N–H and O–H groups in total. The average Bonchev–Trinajstić information content (AvgIpc) is 3.21. The predicted molar refractivity (Wildman–Crippen MR) is 77.3 cm³/mol. The van der Waals surface area contributed by atoms with E-state index < -0.39 is 6.61 Å². The zero-order chi connectivity index (χ0) is 15.5. The van der Waals surface area contributed by atoms with E-state index in [1.807, 2.05) is 0 Å².